The Hall–Kier alpha value is -3.83. The van der Waals surface area contributed by atoms with E-state index in [1.54, 1.807) is 12.1 Å². The van der Waals surface area contributed by atoms with Crippen LogP contribution in [0.15, 0.2) is 48.7 Å². The summed E-state index contributed by atoms with van der Waals surface area (Å²) in [5.74, 6) is 7.34. The van der Waals surface area contributed by atoms with E-state index in [1.165, 1.54) is 37.9 Å². The number of hydrogen-bond donors (Lipinski definition) is 2. The zero-order valence-corrected chi connectivity index (χ0v) is 21.6. The van der Waals surface area contributed by atoms with E-state index >= 15 is 0 Å². The fourth-order valence-corrected chi connectivity index (χ4v) is 6.85. The van der Waals surface area contributed by atoms with Crippen molar-refractivity contribution in [1.82, 2.24) is 20.1 Å². The monoisotopic (exact) mass is 507 g/mol. The predicted octanol–water partition coefficient (Wildman–Crippen LogP) is 3.66. The molecule has 2 atom stereocenters. The standard InChI is InChI=1S/C30H33N7O/c31-29-27(18-26(33-34-29)25-6-1-2-7-28(25)38)35-19-23-8-9-24(20-35)37(23)22-10-14-32-21(17-22)5-3-15-36-16-13-30(36)11-4-12-30/h1-2,6-7,10,14,17-18,23-24,38H,4,8-9,11-13,15-16,19-20H2,(H2,31,34). The van der Waals surface area contributed by atoms with Gasteiger partial charge in [-0.25, -0.2) is 4.98 Å². The van der Waals surface area contributed by atoms with Crippen LogP contribution in [0.3, 0.4) is 0 Å². The molecule has 2 bridgehead atoms. The minimum atomic E-state index is 0.186. The van der Waals surface area contributed by atoms with Gasteiger partial charge in [0.15, 0.2) is 5.82 Å². The number of nitrogens with two attached hydrogens (primary N) is 1. The number of anilines is 3. The second kappa shape index (κ2) is 9.17. The molecule has 1 spiro atoms. The van der Waals surface area contributed by atoms with Gasteiger partial charge in [-0.05, 0) is 74.8 Å². The first kappa shape index (κ1) is 23.3. The van der Waals surface area contributed by atoms with Crippen molar-refractivity contribution in [3.8, 4) is 28.8 Å². The molecule has 3 aromatic rings. The molecule has 3 aliphatic heterocycles. The quantitative estimate of drug-likeness (QED) is 0.517. The van der Waals surface area contributed by atoms with Crippen LogP contribution in [0.1, 0.15) is 44.2 Å². The van der Waals surface area contributed by atoms with Crippen LogP contribution in [-0.4, -0.2) is 69.0 Å². The van der Waals surface area contributed by atoms with Crippen LogP contribution in [0.2, 0.25) is 0 Å². The Kier molecular flexibility index (Phi) is 5.62. The summed E-state index contributed by atoms with van der Waals surface area (Å²) in [5.41, 5.74) is 11.0. The van der Waals surface area contributed by atoms with Crippen molar-refractivity contribution in [2.45, 2.75) is 56.1 Å². The number of benzene rings is 1. The summed E-state index contributed by atoms with van der Waals surface area (Å²) < 4.78 is 0. The van der Waals surface area contributed by atoms with E-state index in [2.05, 4.69) is 53.9 Å². The topological polar surface area (TPSA) is 94.6 Å². The maximum Gasteiger partial charge on any atom is 0.169 e. The van der Waals surface area contributed by atoms with Gasteiger partial charge in [0, 0.05) is 54.7 Å². The second-order valence-electron chi connectivity index (χ2n) is 11.2. The number of rotatable bonds is 4. The van der Waals surface area contributed by atoms with E-state index in [0.29, 0.717) is 34.7 Å². The molecule has 2 aromatic heterocycles. The van der Waals surface area contributed by atoms with Crippen molar-refractivity contribution in [3.05, 3.63) is 54.4 Å². The molecule has 4 aliphatic rings. The van der Waals surface area contributed by atoms with Gasteiger partial charge in [0.1, 0.15) is 11.4 Å². The van der Waals surface area contributed by atoms with Crippen LogP contribution in [0, 0.1) is 11.8 Å². The molecule has 38 heavy (non-hydrogen) atoms. The minimum Gasteiger partial charge on any atom is -0.507 e. The number of para-hydroxylation sites is 1. The third kappa shape index (κ3) is 3.93. The minimum absolute atomic E-state index is 0.186. The van der Waals surface area contributed by atoms with Crippen molar-refractivity contribution in [1.29, 1.82) is 0 Å². The first-order valence-electron chi connectivity index (χ1n) is 13.7. The van der Waals surface area contributed by atoms with E-state index in [1.807, 2.05) is 24.4 Å². The van der Waals surface area contributed by atoms with Crippen LogP contribution < -0.4 is 15.5 Å². The summed E-state index contributed by atoms with van der Waals surface area (Å²) in [6.07, 6.45) is 9.55. The van der Waals surface area contributed by atoms with Crippen LogP contribution in [0.4, 0.5) is 17.2 Å². The second-order valence-corrected chi connectivity index (χ2v) is 11.2. The van der Waals surface area contributed by atoms with Crippen molar-refractivity contribution >= 4 is 17.2 Å². The Bertz CT molecular complexity index is 1410. The zero-order valence-electron chi connectivity index (χ0n) is 21.6. The first-order chi connectivity index (χ1) is 18.6. The van der Waals surface area contributed by atoms with Crippen molar-refractivity contribution < 1.29 is 5.11 Å². The Morgan fingerprint density at radius 1 is 1.03 bits per heavy atom. The lowest BCUT2D eigenvalue weighted by atomic mass is 9.68. The fraction of sp³-hybridized carbons (Fsp3) is 0.433. The summed E-state index contributed by atoms with van der Waals surface area (Å²) in [5, 5.41) is 18.8. The van der Waals surface area contributed by atoms with Gasteiger partial charge < -0.3 is 20.6 Å². The third-order valence-corrected chi connectivity index (χ3v) is 9.13. The SMILES string of the molecule is Nc1nnc(-c2ccccc2O)cc1N1CC2CCC(C1)N2c1ccnc(C#CCN2CCC23CCC3)c1. The lowest BCUT2D eigenvalue weighted by molar-refractivity contribution is -0.0624. The molecule has 8 nitrogen and oxygen atoms in total. The number of phenolic OH excluding ortho intramolecular Hbond substituents is 1. The van der Waals surface area contributed by atoms with E-state index in [-0.39, 0.29) is 5.75 Å². The van der Waals surface area contributed by atoms with Crippen LogP contribution >= 0.6 is 0 Å². The van der Waals surface area contributed by atoms with E-state index in [9.17, 15) is 5.11 Å². The largest absolute Gasteiger partial charge is 0.507 e. The van der Waals surface area contributed by atoms with E-state index < -0.39 is 0 Å². The first-order valence-corrected chi connectivity index (χ1v) is 13.7. The van der Waals surface area contributed by atoms with Crippen molar-refractivity contribution in [2.75, 3.05) is 41.7 Å². The molecule has 2 unspecified atom stereocenters. The molecule has 1 aromatic carbocycles. The Morgan fingerprint density at radius 3 is 2.55 bits per heavy atom. The Morgan fingerprint density at radius 2 is 1.84 bits per heavy atom. The van der Waals surface area contributed by atoms with Gasteiger partial charge in [-0.3, -0.25) is 4.90 Å². The Balaban J connectivity index is 1.08. The highest BCUT2D eigenvalue weighted by molar-refractivity contribution is 5.74. The highest BCUT2D eigenvalue weighted by Gasteiger charge is 2.48. The van der Waals surface area contributed by atoms with Gasteiger partial charge in [-0.2, -0.15) is 0 Å². The third-order valence-electron chi connectivity index (χ3n) is 9.13. The molecule has 8 heteroatoms. The molecule has 3 N–H and O–H groups in total. The average molecular weight is 508 g/mol. The molecule has 4 fully saturated rings. The number of phenols is 1. The van der Waals surface area contributed by atoms with Crippen LogP contribution in [0.5, 0.6) is 5.75 Å². The normalized spacial score (nSPS) is 23.5. The van der Waals surface area contributed by atoms with Crippen LogP contribution in [0.25, 0.3) is 11.3 Å². The van der Waals surface area contributed by atoms with E-state index in [4.69, 9.17) is 5.73 Å². The molecule has 5 heterocycles. The fourth-order valence-electron chi connectivity index (χ4n) is 6.85. The lowest BCUT2D eigenvalue weighted by Gasteiger charge is -2.58. The molecular weight excluding hydrogens is 474 g/mol. The molecule has 3 saturated heterocycles. The zero-order chi connectivity index (χ0) is 25.7. The highest BCUT2D eigenvalue weighted by atomic mass is 16.3. The van der Waals surface area contributed by atoms with Gasteiger partial charge >= 0.3 is 0 Å². The molecule has 194 valence electrons. The maximum absolute atomic E-state index is 10.3. The molecule has 0 amide bonds. The van der Waals surface area contributed by atoms with Gasteiger partial charge in [0.05, 0.1) is 17.9 Å². The molecule has 1 aliphatic carbocycles. The highest BCUT2D eigenvalue weighted by Crippen LogP contribution is 2.46. The number of aromatic hydroxyl groups is 1. The van der Waals surface area contributed by atoms with Crippen molar-refractivity contribution in [2.24, 2.45) is 0 Å². The summed E-state index contributed by atoms with van der Waals surface area (Å²) >= 11 is 0. The number of piperazine rings is 1. The number of pyridine rings is 1. The van der Waals surface area contributed by atoms with Gasteiger partial charge in [-0.1, -0.05) is 18.1 Å². The summed E-state index contributed by atoms with van der Waals surface area (Å²) in [4.78, 5) is 12.0. The summed E-state index contributed by atoms with van der Waals surface area (Å²) in [7, 11) is 0. The molecule has 0 radical (unpaired) electrons. The Labute approximate surface area is 223 Å². The number of aromatic nitrogens is 3. The van der Waals surface area contributed by atoms with Gasteiger partial charge in [-0.15, -0.1) is 10.2 Å². The smallest absolute Gasteiger partial charge is 0.169 e. The predicted molar refractivity (Wildman–Crippen MR) is 149 cm³/mol. The van der Waals surface area contributed by atoms with Crippen molar-refractivity contribution in [3.63, 3.8) is 0 Å². The lowest BCUT2D eigenvalue weighted by Crippen LogP contribution is -2.63. The molecule has 1 saturated carbocycles. The number of nitrogens with zero attached hydrogens (tertiary/aromatic N) is 6. The van der Waals surface area contributed by atoms with Gasteiger partial charge in [0.2, 0.25) is 0 Å². The summed E-state index contributed by atoms with van der Waals surface area (Å²) in [6, 6.07) is 14.2. The number of nitrogen functional groups attached to an aromatic ring is 1. The molecule has 7 rings (SSSR count). The average Bonchev–Trinajstić information content (AvgIpc) is 3.15. The number of hydrogen-bond acceptors (Lipinski definition) is 8. The van der Waals surface area contributed by atoms with Crippen LogP contribution in [-0.2, 0) is 0 Å². The van der Waals surface area contributed by atoms with E-state index in [0.717, 1.165) is 43.9 Å². The maximum atomic E-state index is 10.3. The number of fused-ring (bicyclic) bond motifs is 2. The number of likely N-dealkylation sites (tertiary alicyclic amines) is 1. The van der Waals surface area contributed by atoms with Gasteiger partial charge in [0.25, 0.3) is 0 Å². The molecular formula is C30H33N7O. The summed E-state index contributed by atoms with van der Waals surface area (Å²) in [6.45, 7) is 3.74.